The zero-order chi connectivity index (χ0) is 14.7. The van der Waals surface area contributed by atoms with E-state index in [4.69, 9.17) is 0 Å². The standard InChI is InChI=1S/C16H16F3N/c1-10(12-5-3-6-13(17)9-12)20-11(2)16-14(18)7-4-8-15(16)19/h3-11,20H,1-2H3/t10-,11?/m1/s1. The molecule has 1 nitrogen and oxygen atoms in total. The summed E-state index contributed by atoms with van der Waals surface area (Å²) >= 11 is 0. The van der Waals surface area contributed by atoms with E-state index in [1.54, 1.807) is 19.1 Å². The van der Waals surface area contributed by atoms with Gasteiger partial charge in [0.15, 0.2) is 0 Å². The lowest BCUT2D eigenvalue weighted by Gasteiger charge is -2.21. The van der Waals surface area contributed by atoms with Crippen molar-refractivity contribution in [2.45, 2.75) is 25.9 Å². The molecular weight excluding hydrogens is 263 g/mol. The summed E-state index contributed by atoms with van der Waals surface area (Å²) in [4.78, 5) is 0. The van der Waals surface area contributed by atoms with Gasteiger partial charge in [0.1, 0.15) is 17.5 Å². The van der Waals surface area contributed by atoms with Gasteiger partial charge in [-0.2, -0.15) is 0 Å². The van der Waals surface area contributed by atoms with Crippen LogP contribution in [0.3, 0.4) is 0 Å². The Morgan fingerprint density at radius 2 is 1.45 bits per heavy atom. The van der Waals surface area contributed by atoms with Gasteiger partial charge in [-0.05, 0) is 43.7 Å². The number of hydrogen-bond donors (Lipinski definition) is 1. The molecule has 0 saturated carbocycles. The molecule has 0 bridgehead atoms. The fraction of sp³-hybridized carbons (Fsp3) is 0.250. The van der Waals surface area contributed by atoms with E-state index in [1.165, 1.54) is 30.3 Å². The molecule has 0 aliphatic carbocycles. The highest BCUT2D eigenvalue weighted by Crippen LogP contribution is 2.24. The lowest BCUT2D eigenvalue weighted by atomic mass is 10.0. The third-order valence-corrected chi connectivity index (χ3v) is 3.28. The van der Waals surface area contributed by atoms with Gasteiger partial charge in [0.2, 0.25) is 0 Å². The van der Waals surface area contributed by atoms with Gasteiger partial charge in [0.25, 0.3) is 0 Å². The molecule has 0 heterocycles. The van der Waals surface area contributed by atoms with Gasteiger partial charge in [-0.1, -0.05) is 18.2 Å². The Balaban J connectivity index is 2.17. The van der Waals surface area contributed by atoms with Crippen molar-refractivity contribution >= 4 is 0 Å². The molecule has 2 atom stereocenters. The predicted octanol–water partition coefficient (Wildman–Crippen LogP) is 4.52. The van der Waals surface area contributed by atoms with Crippen LogP contribution in [0.15, 0.2) is 42.5 Å². The number of rotatable bonds is 4. The first-order valence-corrected chi connectivity index (χ1v) is 6.44. The Hall–Kier alpha value is -1.81. The van der Waals surface area contributed by atoms with E-state index in [0.29, 0.717) is 0 Å². The minimum Gasteiger partial charge on any atom is -0.303 e. The van der Waals surface area contributed by atoms with Crippen molar-refractivity contribution in [3.63, 3.8) is 0 Å². The van der Waals surface area contributed by atoms with Gasteiger partial charge in [0.05, 0.1) is 0 Å². The molecule has 0 saturated heterocycles. The molecule has 2 rings (SSSR count). The molecule has 0 radical (unpaired) electrons. The Labute approximate surface area is 116 Å². The van der Waals surface area contributed by atoms with Crippen LogP contribution in [0.2, 0.25) is 0 Å². The number of nitrogens with one attached hydrogen (secondary N) is 1. The second-order valence-electron chi connectivity index (χ2n) is 4.80. The highest BCUT2D eigenvalue weighted by atomic mass is 19.1. The van der Waals surface area contributed by atoms with E-state index in [9.17, 15) is 13.2 Å². The van der Waals surface area contributed by atoms with Gasteiger partial charge in [0, 0.05) is 17.6 Å². The fourth-order valence-corrected chi connectivity index (χ4v) is 2.25. The maximum atomic E-state index is 13.7. The Kier molecular flexibility index (Phi) is 4.45. The number of halogens is 3. The van der Waals surface area contributed by atoms with Gasteiger partial charge in [-0.15, -0.1) is 0 Å². The molecule has 20 heavy (non-hydrogen) atoms. The van der Waals surface area contributed by atoms with Crippen LogP contribution in [0.4, 0.5) is 13.2 Å². The zero-order valence-electron chi connectivity index (χ0n) is 11.3. The first kappa shape index (κ1) is 14.6. The lowest BCUT2D eigenvalue weighted by Crippen LogP contribution is -2.24. The highest BCUT2D eigenvalue weighted by molar-refractivity contribution is 5.24. The van der Waals surface area contributed by atoms with E-state index in [2.05, 4.69) is 5.32 Å². The van der Waals surface area contributed by atoms with Crippen molar-refractivity contribution in [3.8, 4) is 0 Å². The van der Waals surface area contributed by atoms with Gasteiger partial charge in [-0.25, -0.2) is 13.2 Å². The molecule has 2 aromatic carbocycles. The smallest absolute Gasteiger partial charge is 0.130 e. The first-order chi connectivity index (χ1) is 9.49. The minimum absolute atomic E-state index is 0.00393. The molecule has 1 N–H and O–H groups in total. The number of benzene rings is 2. The first-order valence-electron chi connectivity index (χ1n) is 6.44. The molecule has 0 fully saturated rings. The molecule has 2 aromatic rings. The van der Waals surface area contributed by atoms with E-state index < -0.39 is 17.7 Å². The SMILES string of the molecule is CC(N[C@H](C)c1cccc(F)c1)c1c(F)cccc1F. The van der Waals surface area contributed by atoms with Crippen LogP contribution >= 0.6 is 0 Å². The Morgan fingerprint density at radius 3 is 2.05 bits per heavy atom. The molecule has 0 spiro atoms. The van der Waals surface area contributed by atoms with Crippen molar-refractivity contribution in [2.24, 2.45) is 0 Å². The Bertz CT molecular complexity index is 578. The van der Waals surface area contributed by atoms with Crippen molar-refractivity contribution < 1.29 is 13.2 Å². The predicted molar refractivity (Wildman–Crippen MR) is 72.7 cm³/mol. The van der Waals surface area contributed by atoms with Crippen LogP contribution in [0.25, 0.3) is 0 Å². The third kappa shape index (κ3) is 3.20. The summed E-state index contributed by atoms with van der Waals surface area (Å²) in [7, 11) is 0. The van der Waals surface area contributed by atoms with Crippen LogP contribution < -0.4 is 5.32 Å². The van der Waals surface area contributed by atoms with Gasteiger partial charge >= 0.3 is 0 Å². The highest BCUT2D eigenvalue weighted by Gasteiger charge is 2.18. The summed E-state index contributed by atoms with van der Waals surface area (Å²) in [6.07, 6.45) is 0. The second-order valence-corrected chi connectivity index (χ2v) is 4.80. The molecule has 106 valence electrons. The zero-order valence-corrected chi connectivity index (χ0v) is 11.3. The second kappa shape index (κ2) is 6.09. The summed E-state index contributed by atoms with van der Waals surface area (Å²) in [5.41, 5.74) is 0.726. The maximum Gasteiger partial charge on any atom is 0.130 e. The minimum atomic E-state index is -0.587. The fourth-order valence-electron chi connectivity index (χ4n) is 2.25. The molecule has 0 aliphatic rings. The van der Waals surface area contributed by atoms with Crippen molar-refractivity contribution in [3.05, 3.63) is 71.0 Å². The van der Waals surface area contributed by atoms with Crippen molar-refractivity contribution in [1.29, 1.82) is 0 Å². The van der Waals surface area contributed by atoms with Crippen LogP contribution in [0.5, 0.6) is 0 Å². The molecular formula is C16H16F3N. The average Bonchev–Trinajstić information content (AvgIpc) is 2.38. The molecule has 0 aromatic heterocycles. The maximum absolute atomic E-state index is 13.7. The van der Waals surface area contributed by atoms with Crippen molar-refractivity contribution in [2.75, 3.05) is 0 Å². The quantitative estimate of drug-likeness (QED) is 0.868. The third-order valence-electron chi connectivity index (χ3n) is 3.28. The molecule has 1 unspecified atom stereocenters. The summed E-state index contributed by atoms with van der Waals surface area (Å²) in [5, 5.41) is 3.07. The lowest BCUT2D eigenvalue weighted by molar-refractivity contribution is 0.448. The molecule has 0 amide bonds. The average molecular weight is 279 g/mol. The summed E-state index contributed by atoms with van der Waals surface area (Å²) < 4.78 is 40.5. The van der Waals surface area contributed by atoms with E-state index in [0.717, 1.165) is 5.56 Å². The van der Waals surface area contributed by atoms with Crippen LogP contribution in [-0.4, -0.2) is 0 Å². The van der Waals surface area contributed by atoms with Gasteiger partial charge < -0.3 is 5.32 Å². The molecule has 4 heteroatoms. The van der Waals surface area contributed by atoms with Crippen LogP contribution in [0.1, 0.15) is 37.1 Å². The van der Waals surface area contributed by atoms with Crippen LogP contribution in [-0.2, 0) is 0 Å². The molecule has 0 aliphatic heterocycles. The monoisotopic (exact) mass is 279 g/mol. The summed E-state index contributed by atoms with van der Waals surface area (Å²) in [5.74, 6) is -1.51. The van der Waals surface area contributed by atoms with E-state index in [1.807, 2.05) is 6.92 Å². The largest absolute Gasteiger partial charge is 0.303 e. The van der Waals surface area contributed by atoms with Crippen LogP contribution in [0, 0.1) is 17.5 Å². The van der Waals surface area contributed by atoms with Crippen molar-refractivity contribution in [1.82, 2.24) is 5.32 Å². The summed E-state index contributed by atoms with van der Waals surface area (Å²) in [6.45, 7) is 3.50. The van der Waals surface area contributed by atoms with Gasteiger partial charge in [-0.3, -0.25) is 0 Å². The Morgan fingerprint density at radius 1 is 0.850 bits per heavy atom. The normalized spacial score (nSPS) is 14.1. The van der Waals surface area contributed by atoms with E-state index >= 15 is 0 Å². The topological polar surface area (TPSA) is 12.0 Å². The summed E-state index contributed by atoms with van der Waals surface area (Å²) in [6, 6.07) is 9.18. The number of hydrogen-bond acceptors (Lipinski definition) is 1. The van der Waals surface area contributed by atoms with E-state index in [-0.39, 0.29) is 17.4 Å².